The number of nitrogens with zero attached hydrogens (tertiary/aromatic N) is 3. The van der Waals surface area contributed by atoms with E-state index in [4.69, 9.17) is 16.4 Å². The molecule has 4 rings (SSSR count). The summed E-state index contributed by atoms with van der Waals surface area (Å²) in [6.45, 7) is 2.39. The van der Waals surface area contributed by atoms with Gasteiger partial charge < -0.3 is 14.6 Å². The quantitative estimate of drug-likeness (QED) is 0.328. The van der Waals surface area contributed by atoms with Gasteiger partial charge in [0.15, 0.2) is 0 Å². The van der Waals surface area contributed by atoms with Crippen LogP contribution in [0.15, 0.2) is 52.7 Å². The molecule has 1 saturated heterocycles. The van der Waals surface area contributed by atoms with E-state index >= 15 is 0 Å². The summed E-state index contributed by atoms with van der Waals surface area (Å²) in [5.41, 5.74) is 1.75. The predicted octanol–water partition coefficient (Wildman–Crippen LogP) is 4.06. The van der Waals surface area contributed by atoms with Crippen molar-refractivity contribution in [2.45, 2.75) is 29.6 Å². The average Bonchev–Trinajstić information content (AvgIpc) is 3.40. The Morgan fingerprint density at radius 1 is 1.18 bits per heavy atom. The summed E-state index contributed by atoms with van der Waals surface area (Å²) in [6, 6.07) is 13.1. The number of amides is 1. The fourth-order valence-electron chi connectivity index (χ4n) is 3.88. The number of fused-ring (bicyclic) bond motifs is 1. The molecule has 34 heavy (non-hydrogen) atoms. The summed E-state index contributed by atoms with van der Waals surface area (Å²) in [4.78, 5) is 32.9. The van der Waals surface area contributed by atoms with Gasteiger partial charge in [-0.3, -0.25) is 9.59 Å². The van der Waals surface area contributed by atoms with Crippen molar-refractivity contribution < 1.29 is 22.8 Å². The lowest BCUT2D eigenvalue weighted by Gasteiger charge is -2.24. The van der Waals surface area contributed by atoms with Crippen LogP contribution < -0.4 is 4.90 Å². The molecule has 2 atom stereocenters. The first-order valence-electron chi connectivity index (χ1n) is 10.5. The van der Waals surface area contributed by atoms with Gasteiger partial charge in [0.25, 0.3) is 10.0 Å². The van der Waals surface area contributed by atoms with Gasteiger partial charge in [-0.25, -0.2) is 8.42 Å². The summed E-state index contributed by atoms with van der Waals surface area (Å²) in [7, 11) is -0.312. The van der Waals surface area contributed by atoms with Crippen LogP contribution in [0.1, 0.15) is 24.9 Å². The first-order valence-corrected chi connectivity index (χ1v) is 13.2. The smallest absolute Gasteiger partial charge is 0.314 e. The number of carbonyl (C=O) groups excluding carboxylic acids is 2. The summed E-state index contributed by atoms with van der Waals surface area (Å²) in [5, 5.41) is 1.16. The molecule has 0 aliphatic carbocycles. The van der Waals surface area contributed by atoms with Crippen LogP contribution in [0, 0.1) is 0 Å². The molecule has 1 aliphatic rings. The Morgan fingerprint density at radius 3 is 2.53 bits per heavy atom. The number of anilines is 1. The molecule has 1 amide bonds. The third-order valence-electron chi connectivity index (χ3n) is 5.99. The molecule has 0 unspecified atom stereocenters. The average molecular weight is 522 g/mol. The summed E-state index contributed by atoms with van der Waals surface area (Å²) >= 11 is 7.01. The van der Waals surface area contributed by atoms with Crippen molar-refractivity contribution in [3.05, 3.63) is 59.1 Å². The molecule has 0 spiro atoms. The van der Waals surface area contributed by atoms with Gasteiger partial charge in [-0.2, -0.15) is 0 Å². The van der Waals surface area contributed by atoms with E-state index < -0.39 is 22.0 Å². The van der Waals surface area contributed by atoms with Crippen molar-refractivity contribution in [3.63, 3.8) is 0 Å². The van der Waals surface area contributed by atoms with Crippen LogP contribution in [-0.4, -0.2) is 56.8 Å². The van der Waals surface area contributed by atoms with E-state index in [1.807, 2.05) is 38.4 Å². The van der Waals surface area contributed by atoms with E-state index in [9.17, 15) is 18.0 Å². The monoisotopic (exact) mass is 521 g/mol. The Morgan fingerprint density at radius 2 is 1.88 bits per heavy atom. The fourth-order valence-corrected chi connectivity index (χ4v) is 7.00. The lowest BCUT2D eigenvalue weighted by Crippen LogP contribution is -2.44. The molecule has 3 aromatic rings. The van der Waals surface area contributed by atoms with Crippen LogP contribution in [0.2, 0.25) is 5.02 Å². The van der Waals surface area contributed by atoms with E-state index in [0.29, 0.717) is 31.8 Å². The van der Waals surface area contributed by atoms with Gasteiger partial charge in [0.05, 0.1) is 0 Å². The maximum absolute atomic E-state index is 13.4. The van der Waals surface area contributed by atoms with Gasteiger partial charge in [-0.1, -0.05) is 29.8 Å². The molecule has 2 heterocycles. The van der Waals surface area contributed by atoms with Crippen molar-refractivity contribution in [1.82, 2.24) is 9.37 Å². The van der Waals surface area contributed by atoms with Crippen LogP contribution in [-0.2, 0) is 24.4 Å². The van der Waals surface area contributed by atoms with Crippen LogP contribution in [0.4, 0.5) is 5.69 Å². The minimum atomic E-state index is -4.29. The Labute approximate surface area is 207 Å². The van der Waals surface area contributed by atoms with E-state index in [2.05, 4.69) is 11.8 Å². The maximum Gasteiger partial charge on any atom is 0.314 e. The molecule has 1 aromatic heterocycles. The second kappa shape index (κ2) is 9.63. The Balaban J connectivity index is 1.61. The highest BCUT2D eigenvalue weighted by Gasteiger charge is 2.45. The van der Waals surface area contributed by atoms with Crippen molar-refractivity contribution in [1.29, 1.82) is 0 Å². The highest BCUT2D eigenvalue weighted by Crippen LogP contribution is 2.35. The molecule has 0 N–H and O–H groups in total. The minimum absolute atomic E-state index is 0.0229. The molecule has 0 radical (unpaired) electrons. The largest absolute Gasteiger partial charge is 0.355 e. The summed E-state index contributed by atoms with van der Waals surface area (Å²) in [5.74, 6) is -0.456. The Kier molecular flexibility index (Phi) is 6.97. The third-order valence-corrected chi connectivity index (χ3v) is 9.44. The lowest BCUT2D eigenvalue weighted by molar-refractivity contribution is -0.160. The number of hydroxylamine groups is 1. The molecule has 2 aromatic carbocycles. The van der Waals surface area contributed by atoms with E-state index in [1.54, 1.807) is 18.2 Å². The van der Waals surface area contributed by atoms with Crippen molar-refractivity contribution >= 4 is 61.1 Å². The molecule has 180 valence electrons. The molecule has 8 nitrogen and oxygen atoms in total. The van der Waals surface area contributed by atoms with Crippen LogP contribution in [0.25, 0.3) is 10.1 Å². The van der Waals surface area contributed by atoms with E-state index in [0.717, 1.165) is 16.9 Å². The van der Waals surface area contributed by atoms with Gasteiger partial charge >= 0.3 is 6.47 Å². The number of thiophene rings is 1. The SMILES string of the molecule is C[C@H](c1ccc(N2CC[C@H](N(OC=O)S(=O)(=O)c3cc4ccc(Cl)cc4s3)C2=O)cc1)N(C)C. The Bertz CT molecular complexity index is 1320. The predicted molar refractivity (Wildman–Crippen MR) is 132 cm³/mol. The standard InChI is InChI=1S/C23H24ClN3O5S2/c1-15(25(2)3)16-5-8-19(9-6-16)26-11-10-20(23(26)29)27(32-14-28)34(30,31)22-12-17-4-7-18(24)13-21(17)33-22/h4-9,12-15,20H,10-11H2,1-3H3/t15-,20+/m1/s1. The second-order valence-electron chi connectivity index (χ2n) is 8.24. The third kappa shape index (κ3) is 4.56. The first-order chi connectivity index (χ1) is 16.1. The molecule has 0 saturated carbocycles. The van der Waals surface area contributed by atoms with Crippen LogP contribution in [0.3, 0.4) is 0 Å². The van der Waals surface area contributed by atoms with Crippen molar-refractivity contribution in [2.75, 3.05) is 25.5 Å². The van der Waals surface area contributed by atoms with Crippen LogP contribution in [0.5, 0.6) is 0 Å². The first kappa shape index (κ1) is 24.6. The van der Waals surface area contributed by atoms with Gasteiger partial charge in [0.2, 0.25) is 5.91 Å². The highest BCUT2D eigenvalue weighted by atomic mass is 35.5. The lowest BCUT2D eigenvalue weighted by atomic mass is 10.1. The number of benzene rings is 2. The number of hydrogen-bond acceptors (Lipinski definition) is 7. The molecule has 1 fully saturated rings. The number of rotatable bonds is 8. The highest BCUT2D eigenvalue weighted by molar-refractivity contribution is 7.91. The summed E-state index contributed by atoms with van der Waals surface area (Å²) < 4.78 is 27.9. The number of carbonyl (C=O) groups is 2. The fraction of sp³-hybridized carbons (Fsp3) is 0.304. The Hall–Kier alpha value is -2.50. The normalized spacial score (nSPS) is 17.6. The number of sulfonamides is 1. The van der Waals surface area contributed by atoms with Gasteiger partial charge in [-0.05, 0) is 73.2 Å². The van der Waals surface area contributed by atoms with Crippen LogP contribution >= 0.6 is 22.9 Å². The molecular weight excluding hydrogens is 498 g/mol. The van der Waals surface area contributed by atoms with Crippen molar-refractivity contribution in [3.8, 4) is 0 Å². The van der Waals surface area contributed by atoms with E-state index in [-0.39, 0.29) is 23.1 Å². The van der Waals surface area contributed by atoms with Gasteiger partial charge in [0.1, 0.15) is 10.3 Å². The zero-order chi connectivity index (χ0) is 24.6. The second-order valence-corrected chi connectivity index (χ2v) is 11.8. The van der Waals surface area contributed by atoms with E-state index in [1.165, 1.54) is 11.0 Å². The topological polar surface area (TPSA) is 87.2 Å². The number of halogens is 1. The molecular formula is C23H24ClN3O5S2. The van der Waals surface area contributed by atoms with Crippen molar-refractivity contribution in [2.24, 2.45) is 0 Å². The van der Waals surface area contributed by atoms with Gasteiger partial charge in [-0.15, -0.1) is 11.3 Å². The minimum Gasteiger partial charge on any atom is -0.355 e. The zero-order valence-corrected chi connectivity index (χ0v) is 21.2. The molecule has 11 heteroatoms. The maximum atomic E-state index is 13.4. The molecule has 1 aliphatic heterocycles. The molecule has 0 bridgehead atoms. The number of hydrogen-bond donors (Lipinski definition) is 0. The summed E-state index contributed by atoms with van der Waals surface area (Å²) in [6.07, 6.45) is 0.179. The van der Waals surface area contributed by atoms with Gasteiger partial charge in [0, 0.05) is 28.0 Å². The zero-order valence-electron chi connectivity index (χ0n) is 18.8.